The van der Waals surface area contributed by atoms with E-state index in [0.717, 1.165) is 23.2 Å². The van der Waals surface area contributed by atoms with Crippen LogP contribution in [0.3, 0.4) is 0 Å². The van der Waals surface area contributed by atoms with Gasteiger partial charge in [0.15, 0.2) is 0 Å². The number of thiazole rings is 1. The average molecular weight is 252 g/mol. The van der Waals surface area contributed by atoms with Gasteiger partial charge in [-0.15, -0.1) is 11.3 Å². The van der Waals surface area contributed by atoms with E-state index in [-0.39, 0.29) is 0 Å². The Morgan fingerprint density at radius 1 is 1.53 bits per heavy atom. The number of hydrogen-bond acceptors (Lipinski definition) is 5. The molecule has 0 atom stereocenters. The molecule has 0 amide bonds. The molecule has 6 heteroatoms. The van der Waals surface area contributed by atoms with E-state index in [1.165, 1.54) is 0 Å². The van der Waals surface area contributed by atoms with Gasteiger partial charge in [0, 0.05) is 31.4 Å². The predicted octanol–water partition coefficient (Wildman–Crippen LogP) is 1.91. The summed E-state index contributed by atoms with van der Waals surface area (Å²) in [5.74, 6) is 0.854. The third-order valence-electron chi connectivity index (χ3n) is 2.35. The second-order valence-corrected chi connectivity index (χ2v) is 4.71. The van der Waals surface area contributed by atoms with Crippen molar-refractivity contribution in [3.8, 4) is 0 Å². The molecule has 0 fully saturated rings. The van der Waals surface area contributed by atoms with Crippen LogP contribution in [0, 0.1) is 6.92 Å². The number of hydrogen-bond donors (Lipinski definition) is 1. The first kappa shape index (κ1) is 12.1. The van der Waals surface area contributed by atoms with Gasteiger partial charge in [-0.2, -0.15) is 0 Å². The number of methoxy groups -OCH3 is 1. The first-order valence-corrected chi connectivity index (χ1v) is 6.32. The zero-order chi connectivity index (χ0) is 12.1. The first-order chi connectivity index (χ1) is 8.29. The van der Waals surface area contributed by atoms with Crippen molar-refractivity contribution in [1.29, 1.82) is 0 Å². The van der Waals surface area contributed by atoms with Crippen molar-refractivity contribution in [3.63, 3.8) is 0 Å². The van der Waals surface area contributed by atoms with Crippen molar-refractivity contribution in [1.82, 2.24) is 14.5 Å². The summed E-state index contributed by atoms with van der Waals surface area (Å²) in [5, 5.41) is 6.42. The third kappa shape index (κ3) is 3.28. The van der Waals surface area contributed by atoms with Crippen LogP contribution in [0.4, 0.5) is 5.95 Å². The Balaban J connectivity index is 1.92. The second-order valence-electron chi connectivity index (χ2n) is 3.65. The number of nitrogens with one attached hydrogen (secondary N) is 1. The quantitative estimate of drug-likeness (QED) is 0.853. The summed E-state index contributed by atoms with van der Waals surface area (Å²) in [6, 6.07) is 0. The lowest BCUT2D eigenvalue weighted by Gasteiger charge is -2.08. The Labute approximate surface area is 104 Å². The van der Waals surface area contributed by atoms with Crippen molar-refractivity contribution in [2.24, 2.45) is 0 Å². The summed E-state index contributed by atoms with van der Waals surface area (Å²) in [7, 11) is 1.70. The minimum atomic E-state index is 0.681. The van der Waals surface area contributed by atoms with Crippen LogP contribution in [0.1, 0.15) is 10.7 Å². The van der Waals surface area contributed by atoms with Gasteiger partial charge < -0.3 is 14.6 Å². The summed E-state index contributed by atoms with van der Waals surface area (Å²) < 4.78 is 7.08. The molecule has 0 aromatic carbocycles. The fourth-order valence-corrected chi connectivity index (χ4v) is 2.12. The Morgan fingerprint density at radius 2 is 2.41 bits per heavy atom. The monoisotopic (exact) mass is 252 g/mol. The van der Waals surface area contributed by atoms with Crippen LogP contribution in [0.15, 0.2) is 17.8 Å². The normalized spacial score (nSPS) is 10.7. The number of aromatic nitrogens is 3. The molecule has 2 aromatic heterocycles. The summed E-state index contributed by atoms with van der Waals surface area (Å²) in [5.41, 5.74) is 1.05. The van der Waals surface area contributed by atoms with E-state index in [0.29, 0.717) is 13.2 Å². The van der Waals surface area contributed by atoms with Crippen molar-refractivity contribution in [2.45, 2.75) is 20.0 Å². The molecule has 1 N–H and O–H groups in total. The molecule has 92 valence electrons. The molecule has 0 saturated carbocycles. The fourth-order valence-electron chi connectivity index (χ4n) is 1.51. The van der Waals surface area contributed by atoms with E-state index >= 15 is 0 Å². The van der Waals surface area contributed by atoms with Gasteiger partial charge in [-0.3, -0.25) is 0 Å². The molecule has 0 bridgehead atoms. The van der Waals surface area contributed by atoms with Crippen molar-refractivity contribution < 1.29 is 4.74 Å². The Morgan fingerprint density at radius 3 is 3.12 bits per heavy atom. The number of anilines is 1. The lowest BCUT2D eigenvalue weighted by atomic mass is 10.5. The topological polar surface area (TPSA) is 52.0 Å². The Bertz CT molecular complexity index is 465. The molecule has 2 aromatic rings. The van der Waals surface area contributed by atoms with Crippen LogP contribution in [0.5, 0.6) is 0 Å². The molecule has 0 saturated heterocycles. The van der Waals surface area contributed by atoms with Crippen LogP contribution < -0.4 is 5.32 Å². The first-order valence-electron chi connectivity index (χ1n) is 5.44. The van der Waals surface area contributed by atoms with E-state index < -0.39 is 0 Å². The molecule has 0 unspecified atom stereocenters. The largest absolute Gasteiger partial charge is 0.383 e. The van der Waals surface area contributed by atoms with Crippen molar-refractivity contribution in [3.05, 3.63) is 28.5 Å². The lowest BCUT2D eigenvalue weighted by Crippen LogP contribution is -2.10. The number of rotatable bonds is 6. The lowest BCUT2D eigenvalue weighted by molar-refractivity contribution is 0.187. The molecule has 0 aliphatic rings. The van der Waals surface area contributed by atoms with E-state index in [9.17, 15) is 0 Å². The van der Waals surface area contributed by atoms with Gasteiger partial charge in [-0.25, -0.2) is 9.97 Å². The average Bonchev–Trinajstić information content (AvgIpc) is 2.92. The maximum atomic E-state index is 5.05. The van der Waals surface area contributed by atoms with Gasteiger partial charge in [0.25, 0.3) is 0 Å². The Kier molecular flexibility index (Phi) is 4.11. The number of ether oxygens (including phenoxy) is 1. The summed E-state index contributed by atoms with van der Waals surface area (Å²) >= 11 is 1.66. The Hall–Kier alpha value is -1.40. The van der Waals surface area contributed by atoms with E-state index in [1.807, 2.05) is 17.7 Å². The summed E-state index contributed by atoms with van der Waals surface area (Å²) in [6.45, 7) is 4.19. The van der Waals surface area contributed by atoms with Crippen LogP contribution >= 0.6 is 11.3 Å². The SMILES string of the molecule is COCCn1ccnc1NCc1csc(C)n1. The molecule has 0 spiro atoms. The van der Waals surface area contributed by atoms with Crippen LogP contribution in [0.2, 0.25) is 0 Å². The molecule has 0 aliphatic carbocycles. The van der Waals surface area contributed by atoms with Gasteiger partial charge in [-0.1, -0.05) is 0 Å². The number of nitrogens with zero attached hydrogens (tertiary/aromatic N) is 3. The molecular formula is C11H16N4OS. The summed E-state index contributed by atoms with van der Waals surface area (Å²) in [4.78, 5) is 8.66. The maximum absolute atomic E-state index is 5.05. The molecule has 17 heavy (non-hydrogen) atoms. The van der Waals surface area contributed by atoms with Crippen LogP contribution in [0.25, 0.3) is 0 Å². The molecule has 0 radical (unpaired) electrons. The minimum absolute atomic E-state index is 0.681. The number of aryl methyl sites for hydroxylation is 1. The van der Waals surface area contributed by atoms with Gasteiger partial charge in [0.05, 0.1) is 23.9 Å². The number of imidazole rings is 1. The molecule has 2 rings (SSSR count). The highest BCUT2D eigenvalue weighted by Crippen LogP contribution is 2.10. The maximum Gasteiger partial charge on any atom is 0.203 e. The highest BCUT2D eigenvalue weighted by atomic mass is 32.1. The minimum Gasteiger partial charge on any atom is -0.383 e. The third-order valence-corrected chi connectivity index (χ3v) is 3.17. The molecule has 2 heterocycles. The molecule has 0 aliphatic heterocycles. The van der Waals surface area contributed by atoms with Gasteiger partial charge in [0.2, 0.25) is 5.95 Å². The van der Waals surface area contributed by atoms with Gasteiger partial charge in [0.1, 0.15) is 0 Å². The van der Waals surface area contributed by atoms with E-state index in [2.05, 4.69) is 20.7 Å². The van der Waals surface area contributed by atoms with Crippen molar-refractivity contribution in [2.75, 3.05) is 19.0 Å². The van der Waals surface area contributed by atoms with E-state index in [4.69, 9.17) is 4.74 Å². The van der Waals surface area contributed by atoms with Gasteiger partial charge >= 0.3 is 0 Å². The highest BCUT2D eigenvalue weighted by Gasteiger charge is 2.03. The van der Waals surface area contributed by atoms with Crippen molar-refractivity contribution >= 4 is 17.3 Å². The predicted molar refractivity (Wildman–Crippen MR) is 68.3 cm³/mol. The second kappa shape index (κ2) is 5.79. The molecular weight excluding hydrogens is 236 g/mol. The zero-order valence-corrected chi connectivity index (χ0v) is 10.8. The summed E-state index contributed by atoms with van der Waals surface area (Å²) in [6.07, 6.45) is 3.72. The standard InChI is InChI=1S/C11H16N4OS/c1-9-14-10(8-17-9)7-13-11-12-3-4-15(11)5-6-16-2/h3-4,8H,5-7H2,1-2H3,(H,12,13). The fraction of sp³-hybridized carbons (Fsp3) is 0.455. The van der Waals surface area contributed by atoms with E-state index in [1.54, 1.807) is 24.6 Å². The van der Waals surface area contributed by atoms with Gasteiger partial charge in [-0.05, 0) is 6.92 Å². The van der Waals surface area contributed by atoms with Crippen LogP contribution in [-0.4, -0.2) is 28.3 Å². The highest BCUT2D eigenvalue weighted by molar-refractivity contribution is 7.09. The zero-order valence-electron chi connectivity index (χ0n) is 10.0. The smallest absolute Gasteiger partial charge is 0.203 e. The van der Waals surface area contributed by atoms with Crippen LogP contribution in [-0.2, 0) is 17.8 Å². The molecule has 5 nitrogen and oxygen atoms in total.